The van der Waals surface area contributed by atoms with Crippen molar-refractivity contribution in [2.45, 2.75) is 26.7 Å². The summed E-state index contributed by atoms with van der Waals surface area (Å²) in [5.74, 6) is -1.20. The van der Waals surface area contributed by atoms with Crippen LogP contribution in [-0.2, 0) is 25.8 Å². The maximum Gasteiger partial charge on any atom is 0.230 e. The number of anilines is 2. The van der Waals surface area contributed by atoms with Crippen molar-refractivity contribution in [3.8, 4) is 11.3 Å². The largest absolute Gasteiger partial charge is 0.326 e. The lowest BCUT2D eigenvalue weighted by Crippen LogP contribution is -2.26. The van der Waals surface area contributed by atoms with Gasteiger partial charge in [0.25, 0.3) is 0 Å². The summed E-state index contributed by atoms with van der Waals surface area (Å²) in [6.07, 6.45) is 2.26. The van der Waals surface area contributed by atoms with Crippen molar-refractivity contribution in [1.29, 1.82) is 0 Å². The van der Waals surface area contributed by atoms with Crippen LogP contribution in [0.4, 0.5) is 10.8 Å². The second-order valence-corrected chi connectivity index (χ2v) is 10.2. The van der Waals surface area contributed by atoms with E-state index in [1.54, 1.807) is 6.92 Å². The average molecular weight is 408 g/mol. The number of carbonyl (C=O) groups excluding carboxylic acids is 2. The topological polar surface area (TPSA) is 105 Å². The first-order chi connectivity index (χ1) is 12.6. The van der Waals surface area contributed by atoms with Gasteiger partial charge in [0.2, 0.25) is 11.8 Å². The molecule has 9 heteroatoms. The number of nitrogens with zero attached hydrogens (tertiary/aromatic N) is 1. The molecule has 1 atom stereocenters. The summed E-state index contributed by atoms with van der Waals surface area (Å²) in [7, 11) is -3.23. The van der Waals surface area contributed by atoms with Gasteiger partial charge in [0.05, 0.1) is 11.4 Å². The molecule has 0 radical (unpaired) electrons. The van der Waals surface area contributed by atoms with Crippen molar-refractivity contribution in [3.05, 3.63) is 28.6 Å². The van der Waals surface area contributed by atoms with Gasteiger partial charge in [-0.15, -0.1) is 11.3 Å². The van der Waals surface area contributed by atoms with Crippen LogP contribution in [0.15, 0.2) is 18.2 Å². The Morgan fingerprint density at radius 3 is 2.81 bits per heavy atom. The summed E-state index contributed by atoms with van der Waals surface area (Å²) in [4.78, 5) is 29.2. The molecule has 2 N–H and O–H groups in total. The Balaban J connectivity index is 1.79. The summed E-state index contributed by atoms with van der Waals surface area (Å²) < 4.78 is 22.7. The maximum atomic E-state index is 12.2. The summed E-state index contributed by atoms with van der Waals surface area (Å²) in [5, 5.41) is 6.01. The van der Waals surface area contributed by atoms with Gasteiger partial charge in [0, 0.05) is 34.7 Å². The van der Waals surface area contributed by atoms with Gasteiger partial charge in [-0.3, -0.25) is 9.59 Å². The minimum Gasteiger partial charge on any atom is -0.326 e. The van der Waals surface area contributed by atoms with E-state index in [-0.39, 0.29) is 17.6 Å². The molecular weight excluding hydrogens is 386 g/mol. The number of hydrogen-bond acceptors (Lipinski definition) is 6. The van der Waals surface area contributed by atoms with Crippen LogP contribution in [0.5, 0.6) is 0 Å². The number of carbonyl (C=O) groups is 2. The fourth-order valence-corrected chi connectivity index (χ4v) is 4.91. The molecule has 0 saturated carbocycles. The summed E-state index contributed by atoms with van der Waals surface area (Å²) >= 11 is 1.35. The molecule has 1 aromatic carbocycles. The van der Waals surface area contributed by atoms with Gasteiger partial charge < -0.3 is 10.6 Å². The van der Waals surface area contributed by atoms with Crippen LogP contribution in [0.1, 0.15) is 23.8 Å². The number of sulfone groups is 1. The highest BCUT2D eigenvalue weighted by Crippen LogP contribution is 2.34. The number of amides is 2. The molecule has 1 aromatic heterocycles. The van der Waals surface area contributed by atoms with Crippen LogP contribution in [-0.4, -0.2) is 37.2 Å². The Hall–Kier alpha value is -2.26. The number of fused-ring (bicyclic) bond motifs is 1. The molecular formula is C18H21N3O4S2. The quantitative estimate of drug-likeness (QED) is 0.793. The van der Waals surface area contributed by atoms with Crippen LogP contribution in [0.25, 0.3) is 11.3 Å². The van der Waals surface area contributed by atoms with Crippen LogP contribution in [0.3, 0.4) is 0 Å². The number of benzene rings is 1. The van der Waals surface area contributed by atoms with E-state index in [0.29, 0.717) is 18.0 Å². The molecule has 0 bridgehead atoms. The third-order valence-electron chi connectivity index (χ3n) is 4.30. The number of aryl methyl sites for hydroxylation is 2. The van der Waals surface area contributed by atoms with Gasteiger partial charge in [-0.25, -0.2) is 13.4 Å². The van der Waals surface area contributed by atoms with Gasteiger partial charge in [-0.05, 0) is 31.0 Å². The molecule has 144 valence electrons. The Morgan fingerprint density at radius 2 is 2.11 bits per heavy atom. The van der Waals surface area contributed by atoms with Gasteiger partial charge >= 0.3 is 0 Å². The van der Waals surface area contributed by atoms with Crippen molar-refractivity contribution in [2.75, 3.05) is 22.6 Å². The molecule has 2 amide bonds. The molecule has 27 heavy (non-hydrogen) atoms. The normalized spacial score (nSPS) is 15.0. The lowest BCUT2D eigenvalue weighted by atomic mass is 9.99. The van der Waals surface area contributed by atoms with Crippen molar-refractivity contribution >= 4 is 43.8 Å². The molecule has 0 fully saturated rings. The van der Waals surface area contributed by atoms with Gasteiger partial charge in [-0.2, -0.15) is 0 Å². The second kappa shape index (κ2) is 7.40. The smallest absolute Gasteiger partial charge is 0.230 e. The number of hydrogen-bond donors (Lipinski definition) is 2. The average Bonchev–Trinajstić information content (AvgIpc) is 2.93. The molecule has 2 aromatic rings. The van der Waals surface area contributed by atoms with E-state index in [4.69, 9.17) is 0 Å². The Bertz CT molecular complexity index is 1010. The van der Waals surface area contributed by atoms with E-state index in [9.17, 15) is 18.0 Å². The number of thiazole rings is 1. The van der Waals surface area contributed by atoms with Crippen LogP contribution in [0, 0.1) is 12.8 Å². The van der Waals surface area contributed by atoms with E-state index in [0.717, 1.165) is 33.6 Å². The molecule has 3 rings (SSSR count). The lowest BCUT2D eigenvalue weighted by Gasteiger charge is -2.17. The van der Waals surface area contributed by atoms with E-state index >= 15 is 0 Å². The van der Waals surface area contributed by atoms with Crippen LogP contribution >= 0.6 is 11.3 Å². The highest BCUT2D eigenvalue weighted by atomic mass is 32.2. The van der Waals surface area contributed by atoms with Crippen molar-refractivity contribution in [1.82, 2.24) is 4.98 Å². The number of rotatable bonds is 5. The molecule has 1 unspecified atom stereocenters. The molecule has 0 spiro atoms. The van der Waals surface area contributed by atoms with Gasteiger partial charge in [-0.1, -0.05) is 13.0 Å². The van der Waals surface area contributed by atoms with Crippen molar-refractivity contribution in [2.24, 2.45) is 5.92 Å². The zero-order valence-electron chi connectivity index (χ0n) is 15.3. The Morgan fingerprint density at radius 1 is 1.37 bits per heavy atom. The summed E-state index contributed by atoms with van der Waals surface area (Å²) in [6, 6.07) is 5.77. The van der Waals surface area contributed by atoms with Gasteiger partial charge in [0.1, 0.15) is 9.84 Å². The van der Waals surface area contributed by atoms with Crippen LogP contribution in [0.2, 0.25) is 0 Å². The Kier molecular flexibility index (Phi) is 5.34. The first-order valence-electron chi connectivity index (χ1n) is 8.51. The molecule has 1 aliphatic heterocycles. The van der Waals surface area contributed by atoms with Crippen LogP contribution < -0.4 is 10.6 Å². The lowest BCUT2D eigenvalue weighted by molar-refractivity contribution is -0.119. The van der Waals surface area contributed by atoms with E-state index in [2.05, 4.69) is 15.6 Å². The number of nitrogens with one attached hydrogen (secondary N) is 2. The fourth-order valence-electron chi connectivity index (χ4n) is 3.01. The molecule has 1 aliphatic rings. The zero-order valence-corrected chi connectivity index (χ0v) is 17.0. The van der Waals surface area contributed by atoms with Crippen molar-refractivity contribution < 1.29 is 18.0 Å². The van der Waals surface area contributed by atoms with E-state index in [1.165, 1.54) is 11.3 Å². The first-order valence-corrected chi connectivity index (χ1v) is 11.4. The summed E-state index contributed by atoms with van der Waals surface area (Å²) in [5.41, 5.74) is 3.58. The minimum atomic E-state index is -3.23. The molecule has 0 aliphatic carbocycles. The summed E-state index contributed by atoms with van der Waals surface area (Å²) in [6.45, 7) is 3.50. The van der Waals surface area contributed by atoms with Gasteiger partial charge in [0.15, 0.2) is 5.13 Å². The maximum absolute atomic E-state index is 12.2. The fraction of sp³-hybridized carbons (Fsp3) is 0.389. The molecule has 7 nitrogen and oxygen atoms in total. The molecule has 2 heterocycles. The predicted molar refractivity (Wildman–Crippen MR) is 107 cm³/mol. The zero-order chi connectivity index (χ0) is 19.8. The molecule has 0 saturated heterocycles. The standard InChI is InChI=1S/C18H21N3O4S2/c1-10(9-27(3,24)25)17(23)21-18-20-16(11(2)26-18)13-4-6-14-12(8-13)5-7-15(22)19-14/h4,6,8,10H,5,7,9H2,1-3H3,(H,19,22)(H,20,21,23). The predicted octanol–water partition coefficient (Wildman–Crippen LogP) is 2.62. The Labute approximate surface area is 162 Å². The highest BCUT2D eigenvalue weighted by molar-refractivity contribution is 7.90. The van der Waals surface area contributed by atoms with E-state index in [1.807, 2.05) is 25.1 Å². The van der Waals surface area contributed by atoms with E-state index < -0.39 is 15.8 Å². The minimum absolute atomic E-state index is 0.0216. The highest BCUT2D eigenvalue weighted by Gasteiger charge is 2.21. The monoisotopic (exact) mass is 407 g/mol. The number of aromatic nitrogens is 1. The second-order valence-electron chi connectivity index (χ2n) is 6.83. The third kappa shape index (κ3) is 4.72. The first kappa shape index (κ1) is 19.5. The van der Waals surface area contributed by atoms with Crippen molar-refractivity contribution in [3.63, 3.8) is 0 Å². The third-order valence-corrected chi connectivity index (χ3v) is 6.29. The SMILES string of the molecule is Cc1sc(NC(=O)C(C)CS(C)(=O)=O)nc1-c1ccc2c(c1)CCC(=O)N2.